The summed E-state index contributed by atoms with van der Waals surface area (Å²) in [5.41, 5.74) is 5.74. The molecular weight excluding hydrogens is 152 g/mol. The van der Waals surface area contributed by atoms with E-state index in [2.05, 4.69) is 16.3 Å². The quantitative estimate of drug-likeness (QED) is 0.603. The van der Waals surface area contributed by atoms with Gasteiger partial charge in [-0.05, 0) is 6.42 Å². The molecule has 2 rings (SSSR count). The second-order valence-electron chi connectivity index (χ2n) is 3.19. The molecule has 1 aromatic heterocycles. The summed E-state index contributed by atoms with van der Waals surface area (Å²) in [6.07, 6.45) is 6.80. The van der Waals surface area contributed by atoms with E-state index in [1.54, 1.807) is 6.33 Å². The van der Waals surface area contributed by atoms with E-state index in [1.165, 1.54) is 0 Å². The molecule has 0 saturated heterocycles. The SMILES string of the molecule is Cn1cnnc1C1C=CC(N)C1. The fraction of sp³-hybridized carbons (Fsp3) is 0.500. The van der Waals surface area contributed by atoms with E-state index >= 15 is 0 Å². The summed E-state index contributed by atoms with van der Waals surface area (Å²) >= 11 is 0. The fourth-order valence-electron chi connectivity index (χ4n) is 1.55. The molecule has 0 saturated carbocycles. The largest absolute Gasteiger partial charge is 0.324 e. The Balaban J connectivity index is 2.22. The average Bonchev–Trinajstić information content (AvgIpc) is 2.58. The Labute approximate surface area is 71.1 Å². The van der Waals surface area contributed by atoms with Gasteiger partial charge in [0.05, 0.1) is 0 Å². The molecule has 2 unspecified atom stereocenters. The number of nitrogens with zero attached hydrogens (tertiary/aromatic N) is 3. The maximum Gasteiger partial charge on any atom is 0.139 e. The Morgan fingerprint density at radius 1 is 1.58 bits per heavy atom. The molecule has 0 radical (unpaired) electrons. The normalized spacial score (nSPS) is 28.2. The molecule has 12 heavy (non-hydrogen) atoms. The zero-order valence-corrected chi connectivity index (χ0v) is 7.01. The third-order valence-electron chi connectivity index (χ3n) is 2.19. The van der Waals surface area contributed by atoms with Gasteiger partial charge >= 0.3 is 0 Å². The molecule has 1 aliphatic rings. The van der Waals surface area contributed by atoms with Gasteiger partial charge in [0.1, 0.15) is 12.2 Å². The van der Waals surface area contributed by atoms with Crippen LogP contribution in [0.4, 0.5) is 0 Å². The van der Waals surface area contributed by atoms with Gasteiger partial charge in [-0.25, -0.2) is 0 Å². The van der Waals surface area contributed by atoms with Gasteiger partial charge in [0.25, 0.3) is 0 Å². The van der Waals surface area contributed by atoms with E-state index < -0.39 is 0 Å². The topological polar surface area (TPSA) is 56.7 Å². The van der Waals surface area contributed by atoms with Crippen LogP contribution < -0.4 is 5.73 Å². The van der Waals surface area contributed by atoms with Gasteiger partial charge in [-0.2, -0.15) is 0 Å². The predicted octanol–water partition coefficient (Wildman–Crippen LogP) is 0.186. The fourth-order valence-corrected chi connectivity index (χ4v) is 1.55. The van der Waals surface area contributed by atoms with Crippen molar-refractivity contribution in [2.45, 2.75) is 18.4 Å². The van der Waals surface area contributed by atoms with E-state index in [4.69, 9.17) is 5.73 Å². The van der Waals surface area contributed by atoms with Gasteiger partial charge < -0.3 is 10.3 Å². The number of allylic oxidation sites excluding steroid dienone is 1. The van der Waals surface area contributed by atoms with Crippen molar-refractivity contribution in [2.75, 3.05) is 0 Å². The van der Waals surface area contributed by atoms with Crippen LogP contribution in [0.25, 0.3) is 0 Å². The Bertz CT molecular complexity index is 302. The molecule has 1 aliphatic carbocycles. The molecule has 2 atom stereocenters. The molecule has 0 amide bonds. The van der Waals surface area contributed by atoms with Crippen molar-refractivity contribution < 1.29 is 0 Å². The van der Waals surface area contributed by atoms with Crippen LogP contribution in [0.5, 0.6) is 0 Å². The monoisotopic (exact) mass is 164 g/mol. The van der Waals surface area contributed by atoms with E-state index in [0.717, 1.165) is 12.2 Å². The van der Waals surface area contributed by atoms with E-state index in [1.807, 2.05) is 17.7 Å². The van der Waals surface area contributed by atoms with Crippen molar-refractivity contribution in [1.29, 1.82) is 0 Å². The molecule has 0 spiro atoms. The molecule has 4 heteroatoms. The van der Waals surface area contributed by atoms with Crippen LogP contribution in [0.3, 0.4) is 0 Å². The van der Waals surface area contributed by atoms with Crippen LogP contribution in [0.2, 0.25) is 0 Å². The predicted molar refractivity (Wildman–Crippen MR) is 45.5 cm³/mol. The maximum absolute atomic E-state index is 5.74. The van der Waals surface area contributed by atoms with Crippen molar-refractivity contribution in [3.05, 3.63) is 24.3 Å². The summed E-state index contributed by atoms with van der Waals surface area (Å²) in [6.45, 7) is 0. The van der Waals surface area contributed by atoms with Crippen LogP contribution in [0.1, 0.15) is 18.2 Å². The van der Waals surface area contributed by atoms with Crippen molar-refractivity contribution >= 4 is 0 Å². The second kappa shape index (κ2) is 2.71. The van der Waals surface area contributed by atoms with Crippen LogP contribution in [-0.2, 0) is 7.05 Å². The van der Waals surface area contributed by atoms with Crippen molar-refractivity contribution in [3.63, 3.8) is 0 Å². The highest BCUT2D eigenvalue weighted by Crippen LogP contribution is 2.25. The average molecular weight is 164 g/mol. The minimum Gasteiger partial charge on any atom is -0.324 e. The smallest absolute Gasteiger partial charge is 0.139 e. The number of aromatic nitrogens is 3. The lowest BCUT2D eigenvalue weighted by molar-refractivity contribution is 0.648. The van der Waals surface area contributed by atoms with Gasteiger partial charge in [0.15, 0.2) is 0 Å². The van der Waals surface area contributed by atoms with Gasteiger partial charge in [0.2, 0.25) is 0 Å². The highest BCUT2D eigenvalue weighted by Gasteiger charge is 2.20. The van der Waals surface area contributed by atoms with Crippen molar-refractivity contribution in [3.8, 4) is 0 Å². The lowest BCUT2D eigenvalue weighted by Gasteiger charge is -2.07. The standard InChI is InChI=1S/C8H12N4/c1-12-5-10-11-8(12)6-2-3-7(9)4-6/h2-3,5-7H,4,9H2,1H3. The molecule has 1 heterocycles. The van der Waals surface area contributed by atoms with Crippen LogP contribution >= 0.6 is 0 Å². The van der Waals surface area contributed by atoms with Crippen molar-refractivity contribution in [1.82, 2.24) is 14.8 Å². The first-order valence-corrected chi connectivity index (χ1v) is 4.05. The Hall–Kier alpha value is -1.16. The number of nitrogens with two attached hydrogens (primary N) is 1. The molecule has 0 aromatic carbocycles. The summed E-state index contributed by atoms with van der Waals surface area (Å²) in [6, 6.07) is 0.187. The first kappa shape index (κ1) is 7.49. The Kier molecular flexibility index (Phi) is 1.69. The van der Waals surface area contributed by atoms with Crippen LogP contribution in [-0.4, -0.2) is 20.8 Å². The second-order valence-corrected chi connectivity index (χ2v) is 3.19. The van der Waals surface area contributed by atoms with Gasteiger partial charge in [-0.3, -0.25) is 0 Å². The molecule has 1 aromatic rings. The van der Waals surface area contributed by atoms with Crippen LogP contribution in [0.15, 0.2) is 18.5 Å². The molecule has 4 nitrogen and oxygen atoms in total. The lowest BCUT2D eigenvalue weighted by Crippen LogP contribution is -2.15. The number of aryl methyl sites for hydroxylation is 1. The third kappa shape index (κ3) is 1.14. The molecule has 0 aliphatic heterocycles. The zero-order chi connectivity index (χ0) is 8.55. The summed E-state index contributed by atoms with van der Waals surface area (Å²) in [4.78, 5) is 0. The summed E-state index contributed by atoms with van der Waals surface area (Å²) in [7, 11) is 1.95. The summed E-state index contributed by atoms with van der Waals surface area (Å²) < 4.78 is 1.94. The first-order chi connectivity index (χ1) is 5.77. The first-order valence-electron chi connectivity index (χ1n) is 4.05. The minimum absolute atomic E-state index is 0.187. The highest BCUT2D eigenvalue weighted by atomic mass is 15.2. The summed E-state index contributed by atoms with van der Waals surface area (Å²) in [5, 5.41) is 7.87. The Morgan fingerprint density at radius 3 is 2.92 bits per heavy atom. The third-order valence-corrected chi connectivity index (χ3v) is 2.19. The number of rotatable bonds is 1. The van der Waals surface area contributed by atoms with Gasteiger partial charge in [-0.15, -0.1) is 10.2 Å². The highest BCUT2D eigenvalue weighted by molar-refractivity contribution is 5.16. The minimum atomic E-state index is 0.187. The van der Waals surface area contributed by atoms with Crippen LogP contribution in [0, 0.1) is 0 Å². The lowest BCUT2D eigenvalue weighted by atomic mass is 10.1. The maximum atomic E-state index is 5.74. The van der Waals surface area contributed by atoms with Gasteiger partial charge in [0, 0.05) is 19.0 Å². The van der Waals surface area contributed by atoms with E-state index in [0.29, 0.717) is 5.92 Å². The summed E-state index contributed by atoms with van der Waals surface area (Å²) in [5.74, 6) is 1.35. The Morgan fingerprint density at radius 2 is 2.42 bits per heavy atom. The van der Waals surface area contributed by atoms with Gasteiger partial charge in [-0.1, -0.05) is 12.2 Å². The molecular formula is C8H12N4. The molecule has 2 N–H and O–H groups in total. The molecule has 64 valence electrons. The van der Waals surface area contributed by atoms with E-state index in [-0.39, 0.29) is 6.04 Å². The zero-order valence-electron chi connectivity index (χ0n) is 7.01. The molecule has 0 fully saturated rings. The number of hydrogen-bond donors (Lipinski definition) is 1. The molecule has 0 bridgehead atoms. The van der Waals surface area contributed by atoms with E-state index in [9.17, 15) is 0 Å². The number of hydrogen-bond acceptors (Lipinski definition) is 3. The van der Waals surface area contributed by atoms with Crippen molar-refractivity contribution in [2.24, 2.45) is 12.8 Å².